The molecule has 0 amide bonds. The van der Waals surface area contributed by atoms with E-state index in [-0.39, 0.29) is 39.2 Å². The van der Waals surface area contributed by atoms with Crippen LogP contribution in [0.2, 0.25) is 0 Å². The second kappa shape index (κ2) is 13.8. The summed E-state index contributed by atoms with van der Waals surface area (Å²) in [5.74, 6) is 0.971. The molecule has 4 heteroatoms. The maximum absolute atomic E-state index is 7.60. The molecule has 3 aliphatic carbocycles. The molecule has 0 spiro atoms. The second-order valence-corrected chi connectivity index (χ2v) is 25.4. The maximum Gasteiger partial charge on any atom is 0.257 e. The molecule has 0 atom stereocenters. The summed E-state index contributed by atoms with van der Waals surface area (Å²) in [6, 6.07) is 42.8. The van der Waals surface area contributed by atoms with Crippen LogP contribution in [0.15, 0.2) is 114 Å². The highest BCUT2D eigenvalue weighted by Crippen LogP contribution is 2.54. The first-order valence-corrected chi connectivity index (χ1v) is 25.4. The topological polar surface area (TPSA) is 19.6 Å². The monoisotopic (exact) mass is 881 g/mol. The highest BCUT2D eigenvalue weighted by atomic mass is 16.4. The van der Waals surface area contributed by atoms with Crippen LogP contribution in [-0.2, 0) is 32.5 Å². The van der Waals surface area contributed by atoms with Gasteiger partial charge in [0.1, 0.15) is 5.58 Å². The third-order valence-electron chi connectivity index (χ3n) is 18.1. The molecule has 2 aliphatic heterocycles. The van der Waals surface area contributed by atoms with Gasteiger partial charge in [-0.25, -0.2) is 0 Å². The molecular weight excluding hydrogens is 812 g/mol. The molecule has 340 valence electrons. The Morgan fingerprint density at radius 1 is 0.418 bits per heavy atom. The molecule has 5 aliphatic rings. The first-order chi connectivity index (χ1) is 31.6. The Bertz CT molecular complexity index is 3210. The lowest BCUT2D eigenvalue weighted by molar-refractivity contribution is 0.332. The van der Waals surface area contributed by atoms with Gasteiger partial charge in [0.2, 0.25) is 5.88 Å². The molecule has 0 unspecified atom stereocenters. The molecule has 6 aromatic carbocycles. The van der Waals surface area contributed by atoms with Crippen LogP contribution in [0.3, 0.4) is 0 Å². The van der Waals surface area contributed by atoms with Crippen molar-refractivity contribution in [3.05, 3.63) is 148 Å². The first-order valence-electron chi connectivity index (χ1n) is 25.4. The van der Waals surface area contributed by atoms with E-state index < -0.39 is 0 Å². The highest BCUT2D eigenvalue weighted by molar-refractivity contribution is 7.01. The van der Waals surface area contributed by atoms with E-state index in [4.69, 9.17) is 4.42 Å². The van der Waals surface area contributed by atoms with Gasteiger partial charge in [-0.05, 0) is 194 Å². The van der Waals surface area contributed by atoms with Gasteiger partial charge in [-0.3, -0.25) is 4.90 Å². The largest absolute Gasteiger partial charge is 0.440 e. The molecule has 1 aromatic heterocycles. The van der Waals surface area contributed by atoms with Crippen molar-refractivity contribution in [2.24, 2.45) is 0 Å². The molecule has 0 saturated heterocycles. The smallest absolute Gasteiger partial charge is 0.257 e. The van der Waals surface area contributed by atoms with Crippen LogP contribution in [0.1, 0.15) is 161 Å². The number of rotatable bonds is 3. The van der Waals surface area contributed by atoms with Crippen molar-refractivity contribution < 1.29 is 4.42 Å². The zero-order valence-electron chi connectivity index (χ0n) is 42.5. The summed E-state index contributed by atoms with van der Waals surface area (Å²) < 4.78 is 7.60. The Morgan fingerprint density at radius 2 is 0.896 bits per heavy atom. The van der Waals surface area contributed by atoms with E-state index in [1.165, 1.54) is 113 Å². The lowest BCUT2D eigenvalue weighted by Gasteiger charge is -2.47. The van der Waals surface area contributed by atoms with Crippen molar-refractivity contribution in [3.8, 4) is 11.1 Å². The number of anilines is 6. The van der Waals surface area contributed by atoms with E-state index in [9.17, 15) is 0 Å². The van der Waals surface area contributed by atoms with Gasteiger partial charge in [0.25, 0.3) is 6.71 Å². The van der Waals surface area contributed by atoms with Crippen molar-refractivity contribution in [2.45, 2.75) is 161 Å². The Hall–Kier alpha value is -5.48. The van der Waals surface area contributed by atoms with Crippen LogP contribution in [0, 0.1) is 6.92 Å². The molecular formula is C63H69BN2O. The van der Waals surface area contributed by atoms with Crippen LogP contribution in [0.4, 0.5) is 34.3 Å². The average molecular weight is 881 g/mol. The molecule has 3 heterocycles. The zero-order valence-corrected chi connectivity index (χ0v) is 42.5. The van der Waals surface area contributed by atoms with Crippen molar-refractivity contribution in [1.29, 1.82) is 0 Å². The predicted octanol–water partition coefficient (Wildman–Crippen LogP) is 15.5. The van der Waals surface area contributed by atoms with Gasteiger partial charge in [0.05, 0.1) is 0 Å². The summed E-state index contributed by atoms with van der Waals surface area (Å²) >= 11 is 0. The molecule has 0 N–H and O–H groups in total. The van der Waals surface area contributed by atoms with E-state index in [2.05, 4.69) is 209 Å². The van der Waals surface area contributed by atoms with E-state index in [1.54, 1.807) is 0 Å². The zero-order chi connectivity index (χ0) is 47.0. The van der Waals surface area contributed by atoms with Crippen molar-refractivity contribution in [3.63, 3.8) is 0 Å². The van der Waals surface area contributed by atoms with Gasteiger partial charge in [-0.1, -0.05) is 138 Å². The third-order valence-corrected chi connectivity index (χ3v) is 18.1. The average Bonchev–Trinajstić information content (AvgIpc) is 3.66. The molecule has 3 nitrogen and oxygen atoms in total. The SMILES string of the molecule is Cc1cc2c3c(c1)N(c1ccc4c(c1)C(C)(C)CCC4(C)C)c1oc4cc5c(cc4c1B3c1cc3c(cc1N2c1ccc(-c2ccccc2)cc1)C(C)(C)CCC3(C)C)C(C)(C)CCC5(C)C. The van der Waals surface area contributed by atoms with Crippen LogP contribution >= 0.6 is 0 Å². The van der Waals surface area contributed by atoms with Gasteiger partial charge >= 0.3 is 0 Å². The predicted molar refractivity (Wildman–Crippen MR) is 286 cm³/mol. The fraction of sp³-hybridized carbons (Fsp3) is 0.397. The Balaban J connectivity index is 1.20. The van der Waals surface area contributed by atoms with Crippen LogP contribution in [0.25, 0.3) is 22.1 Å². The number of hydrogen-bond acceptors (Lipinski definition) is 3. The van der Waals surface area contributed by atoms with E-state index in [0.717, 1.165) is 37.2 Å². The quantitative estimate of drug-likeness (QED) is 0.165. The summed E-state index contributed by atoms with van der Waals surface area (Å²) in [7, 11) is 0. The van der Waals surface area contributed by atoms with Crippen LogP contribution in [-0.4, -0.2) is 6.71 Å². The standard InChI is InChI=1S/C63H69BN2O/c1-38-31-52-56-53(32-38)66(42-23-24-44-45(33-42)59(4,5)26-25-58(44,2)3)57-55(43-34-46-49(37-54(43)67-57)63(12,13)30-27-60(46,6)7)64(56)50-35-47-48(62(10,11)29-28-61(47,8)9)36-51(50)65(52)41-21-19-40(20-22-41)39-17-15-14-16-18-39/h14-24,31-37H,25-30H2,1-13H3. The maximum atomic E-state index is 7.60. The lowest BCUT2D eigenvalue weighted by atomic mass is 9.33. The number of benzene rings is 6. The van der Waals surface area contributed by atoms with E-state index in [1.807, 2.05) is 0 Å². The minimum atomic E-state index is -0.0372. The normalized spacial score (nSPS) is 20.6. The van der Waals surface area contributed by atoms with Gasteiger partial charge in [0, 0.05) is 39.3 Å². The molecule has 12 rings (SSSR count). The van der Waals surface area contributed by atoms with E-state index >= 15 is 0 Å². The fourth-order valence-corrected chi connectivity index (χ4v) is 13.5. The van der Waals surface area contributed by atoms with E-state index in [0.29, 0.717) is 0 Å². The summed E-state index contributed by atoms with van der Waals surface area (Å²) in [6.07, 6.45) is 7.01. The van der Waals surface area contributed by atoms with Crippen LogP contribution < -0.4 is 26.2 Å². The number of nitrogens with zero attached hydrogens (tertiary/aromatic N) is 2. The number of hydrogen-bond donors (Lipinski definition) is 0. The fourth-order valence-electron chi connectivity index (χ4n) is 13.5. The summed E-state index contributed by atoms with van der Waals surface area (Å²) in [4.78, 5) is 5.17. The Labute approximate surface area is 401 Å². The van der Waals surface area contributed by atoms with Gasteiger partial charge in [-0.2, -0.15) is 0 Å². The van der Waals surface area contributed by atoms with Gasteiger partial charge in [0.15, 0.2) is 0 Å². The third kappa shape index (κ3) is 6.22. The Kier molecular flexibility index (Phi) is 8.84. The van der Waals surface area contributed by atoms with Crippen molar-refractivity contribution in [1.82, 2.24) is 0 Å². The number of furan rings is 1. The molecule has 0 saturated carbocycles. The van der Waals surface area contributed by atoms with Crippen molar-refractivity contribution in [2.75, 3.05) is 9.80 Å². The summed E-state index contributed by atoms with van der Waals surface area (Å²) in [6.45, 7) is 31.7. The van der Waals surface area contributed by atoms with Gasteiger partial charge < -0.3 is 9.32 Å². The van der Waals surface area contributed by atoms with Crippen molar-refractivity contribution >= 4 is 68.4 Å². The molecule has 0 fully saturated rings. The summed E-state index contributed by atoms with van der Waals surface area (Å²) in [5, 5.41) is 1.26. The molecule has 67 heavy (non-hydrogen) atoms. The minimum absolute atomic E-state index is 0.0372. The van der Waals surface area contributed by atoms with Gasteiger partial charge in [-0.15, -0.1) is 0 Å². The minimum Gasteiger partial charge on any atom is -0.440 e. The first kappa shape index (κ1) is 42.8. The number of fused-ring (bicyclic) bond motifs is 9. The molecule has 0 bridgehead atoms. The van der Waals surface area contributed by atoms with Crippen LogP contribution in [0.5, 0.6) is 0 Å². The molecule has 7 aromatic rings. The second-order valence-electron chi connectivity index (χ2n) is 25.4. The Morgan fingerprint density at radius 3 is 1.49 bits per heavy atom. The summed E-state index contributed by atoms with van der Waals surface area (Å²) in [5.41, 5.74) is 24.1. The number of aryl methyl sites for hydroxylation is 1. The lowest BCUT2D eigenvalue weighted by Crippen LogP contribution is -2.61. The molecule has 0 radical (unpaired) electrons. The highest BCUT2D eigenvalue weighted by Gasteiger charge is 2.50.